The van der Waals surface area contributed by atoms with Crippen molar-refractivity contribution < 1.29 is 24.5 Å². The fraction of sp³-hybridized carbons (Fsp3) is 0.971. The van der Waals surface area contributed by atoms with E-state index in [1.807, 2.05) is 0 Å². The van der Waals surface area contributed by atoms with Crippen LogP contribution in [0.15, 0.2) is 0 Å². The molecule has 1 amide bonds. The Kier molecular flexibility index (Phi) is 65.4. The Morgan fingerprint density at radius 3 is 0.803 bits per heavy atom. The summed E-state index contributed by atoms with van der Waals surface area (Å²) in [7, 11) is 0. The summed E-state index contributed by atoms with van der Waals surface area (Å²) >= 11 is 0. The fourth-order valence-corrected chi connectivity index (χ4v) is 11.5. The molecule has 0 saturated heterocycles. The number of amides is 1. The molecule has 6 heteroatoms. The van der Waals surface area contributed by atoms with Crippen LogP contribution in [0.5, 0.6) is 0 Å². The van der Waals surface area contributed by atoms with Crippen LogP contribution in [0, 0.1) is 0 Å². The summed E-state index contributed by atoms with van der Waals surface area (Å²) in [5.74, 6) is -0.0169. The van der Waals surface area contributed by atoms with Gasteiger partial charge in [0.2, 0.25) is 5.91 Å². The van der Waals surface area contributed by atoms with Crippen molar-refractivity contribution in [2.24, 2.45) is 0 Å². The van der Waals surface area contributed by atoms with E-state index in [2.05, 4.69) is 19.2 Å². The molecule has 3 N–H and O–H groups in total. The third-order valence-corrected chi connectivity index (χ3v) is 16.9. The molecule has 0 saturated carbocycles. The van der Waals surface area contributed by atoms with Gasteiger partial charge in [0.1, 0.15) is 0 Å². The first-order valence-electron chi connectivity index (χ1n) is 35.3. The molecule has 0 aliphatic rings. The molecule has 2 atom stereocenters. The van der Waals surface area contributed by atoms with E-state index in [4.69, 9.17) is 4.74 Å². The van der Waals surface area contributed by atoms with Gasteiger partial charge in [-0.2, -0.15) is 0 Å². The van der Waals surface area contributed by atoms with E-state index in [9.17, 15) is 19.8 Å². The van der Waals surface area contributed by atoms with E-state index in [0.717, 1.165) is 38.5 Å². The highest BCUT2D eigenvalue weighted by Gasteiger charge is 2.20. The zero-order valence-electron chi connectivity index (χ0n) is 52.0. The van der Waals surface area contributed by atoms with E-state index < -0.39 is 12.1 Å². The maximum Gasteiger partial charge on any atom is 0.305 e. The maximum atomic E-state index is 12.5. The van der Waals surface area contributed by atoms with Gasteiger partial charge >= 0.3 is 5.97 Å². The molecule has 0 radical (unpaired) electrons. The van der Waals surface area contributed by atoms with Crippen molar-refractivity contribution in [1.82, 2.24) is 5.32 Å². The molecule has 0 aromatic carbocycles. The number of hydrogen-bond donors (Lipinski definition) is 3. The van der Waals surface area contributed by atoms with Crippen LogP contribution in [0.4, 0.5) is 0 Å². The first-order valence-corrected chi connectivity index (χ1v) is 35.3. The second-order valence-electron chi connectivity index (χ2n) is 24.6. The Hall–Kier alpha value is -1.14. The van der Waals surface area contributed by atoms with Crippen molar-refractivity contribution in [2.75, 3.05) is 13.2 Å². The molecule has 0 fully saturated rings. The van der Waals surface area contributed by atoms with Crippen LogP contribution in [-0.2, 0) is 14.3 Å². The quantitative estimate of drug-likeness (QED) is 0.0417. The van der Waals surface area contributed by atoms with Crippen molar-refractivity contribution in [1.29, 1.82) is 0 Å². The van der Waals surface area contributed by atoms with Gasteiger partial charge in [-0.1, -0.05) is 373 Å². The predicted octanol–water partition coefficient (Wildman–Crippen LogP) is 22.6. The summed E-state index contributed by atoms with van der Waals surface area (Å²) in [5.41, 5.74) is 0. The van der Waals surface area contributed by atoms with Crippen LogP contribution in [0.2, 0.25) is 0 Å². The Balaban J connectivity index is 3.37. The monoisotopic (exact) mass is 1070 g/mol. The predicted molar refractivity (Wildman–Crippen MR) is 334 cm³/mol. The normalized spacial score (nSPS) is 12.4. The van der Waals surface area contributed by atoms with E-state index in [1.165, 1.54) is 340 Å². The number of aliphatic hydroxyl groups excluding tert-OH is 2. The summed E-state index contributed by atoms with van der Waals surface area (Å²) < 4.78 is 5.51. The van der Waals surface area contributed by atoms with Gasteiger partial charge in [-0.05, 0) is 25.7 Å². The van der Waals surface area contributed by atoms with Crippen LogP contribution in [0.3, 0.4) is 0 Å². The topological polar surface area (TPSA) is 95.9 Å². The van der Waals surface area contributed by atoms with Gasteiger partial charge in [-0.15, -0.1) is 0 Å². The number of carbonyl (C=O) groups excluding carboxylic acids is 2. The Morgan fingerprint density at radius 2 is 0.539 bits per heavy atom. The minimum Gasteiger partial charge on any atom is -0.466 e. The summed E-state index contributed by atoms with van der Waals surface area (Å²) in [6.45, 7) is 5.00. The van der Waals surface area contributed by atoms with Crippen LogP contribution >= 0.6 is 0 Å². The molecule has 2 unspecified atom stereocenters. The SMILES string of the molecule is CCCCCCCCCCCCCCCCCCCCCCCCC(O)C(CO)NC(=O)CCCCCCCCCCCCCCCCCCCCCOC(=O)CCCCCCCCCCCCCCCCCCCC. The molecule has 0 aliphatic carbocycles. The van der Waals surface area contributed by atoms with Gasteiger partial charge in [0.15, 0.2) is 0 Å². The summed E-state index contributed by atoms with van der Waals surface area (Å²) in [4.78, 5) is 24.7. The van der Waals surface area contributed by atoms with Crippen molar-refractivity contribution in [2.45, 2.75) is 424 Å². The van der Waals surface area contributed by atoms with Crippen molar-refractivity contribution in [3.05, 3.63) is 0 Å². The minimum absolute atomic E-state index is 0.0152. The highest BCUT2D eigenvalue weighted by atomic mass is 16.5. The van der Waals surface area contributed by atoms with E-state index in [1.54, 1.807) is 0 Å². The first-order chi connectivity index (χ1) is 37.5. The number of aliphatic hydroxyl groups is 2. The van der Waals surface area contributed by atoms with Gasteiger partial charge < -0.3 is 20.3 Å². The summed E-state index contributed by atoms with van der Waals surface area (Å²) in [5, 5.41) is 23.4. The van der Waals surface area contributed by atoms with Gasteiger partial charge in [-0.25, -0.2) is 0 Å². The van der Waals surface area contributed by atoms with E-state index >= 15 is 0 Å². The van der Waals surface area contributed by atoms with Gasteiger partial charge in [0.25, 0.3) is 0 Å². The number of ether oxygens (including phenoxy) is 1. The molecule has 0 rings (SSSR count). The number of carbonyl (C=O) groups is 2. The average molecular weight is 1070 g/mol. The highest BCUT2D eigenvalue weighted by molar-refractivity contribution is 5.76. The summed E-state index contributed by atoms with van der Waals surface area (Å²) in [6, 6.07) is -0.544. The second-order valence-corrected chi connectivity index (χ2v) is 24.6. The number of rotatable bonds is 67. The molecular formula is C70H139NO5. The lowest BCUT2D eigenvalue weighted by molar-refractivity contribution is -0.143. The second kappa shape index (κ2) is 66.4. The average Bonchev–Trinajstić information content (AvgIpc) is 3.42. The smallest absolute Gasteiger partial charge is 0.305 e. The number of esters is 1. The summed E-state index contributed by atoms with van der Waals surface area (Å²) in [6.07, 6.45) is 80.0. The molecule has 0 bridgehead atoms. The van der Waals surface area contributed by atoms with Crippen LogP contribution in [0.1, 0.15) is 412 Å². The number of hydrogen-bond acceptors (Lipinski definition) is 5. The van der Waals surface area contributed by atoms with Crippen LogP contribution in [0.25, 0.3) is 0 Å². The molecule has 0 aromatic rings. The van der Waals surface area contributed by atoms with Gasteiger partial charge in [0, 0.05) is 12.8 Å². The zero-order valence-corrected chi connectivity index (χ0v) is 52.0. The third-order valence-electron chi connectivity index (χ3n) is 16.9. The molecule has 0 heterocycles. The largest absolute Gasteiger partial charge is 0.466 e. The van der Waals surface area contributed by atoms with Crippen molar-refractivity contribution in [3.63, 3.8) is 0 Å². The Bertz CT molecular complexity index is 1100. The molecule has 0 aliphatic heterocycles. The molecule has 0 spiro atoms. The fourth-order valence-electron chi connectivity index (χ4n) is 11.5. The molecule has 0 aromatic heterocycles. The lowest BCUT2D eigenvalue weighted by Crippen LogP contribution is -2.45. The highest BCUT2D eigenvalue weighted by Crippen LogP contribution is 2.20. The Morgan fingerprint density at radius 1 is 0.316 bits per heavy atom. The standard InChI is InChI=1S/C70H139NO5/c1-3-5-7-9-11-13-15-17-19-21-23-24-25-27-30-34-38-42-46-50-54-58-62-68(73)67(66-72)71-69(74)63-59-55-51-47-43-39-35-31-28-26-29-33-37-41-45-49-53-57-61-65-76-70(75)64-60-56-52-48-44-40-36-32-22-20-18-16-14-12-10-8-6-4-2/h67-68,72-73H,3-66H2,1-2H3,(H,71,74). The van der Waals surface area contributed by atoms with Crippen LogP contribution < -0.4 is 5.32 Å². The molecule has 6 nitrogen and oxygen atoms in total. The molecular weight excluding hydrogens is 935 g/mol. The first kappa shape index (κ1) is 74.9. The molecule has 76 heavy (non-hydrogen) atoms. The zero-order chi connectivity index (χ0) is 55.0. The van der Waals surface area contributed by atoms with Crippen LogP contribution in [-0.4, -0.2) is 47.4 Å². The van der Waals surface area contributed by atoms with E-state index in [-0.39, 0.29) is 18.5 Å². The van der Waals surface area contributed by atoms with Gasteiger partial charge in [0.05, 0.1) is 25.4 Å². The van der Waals surface area contributed by atoms with Gasteiger partial charge in [-0.3, -0.25) is 9.59 Å². The minimum atomic E-state index is -0.666. The number of nitrogens with one attached hydrogen (secondary N) is 1. The lowest BCUT2D eigenvalue weighted by Gasteiger charge is -2.22. The Labute approximate surface area is 476 Å². The lowest BCUT2D eigenvalue weighted by atomic mass is 10.0. The van der Waals surface area contributed by atoms with Crippen molar-refractivity contribution in [3.8, 4) is 0 Å². The van der Waals surface area contributed by atoms with E-state index in [0.29, 0.717) is 25.9 Å². The molecule has 454 valence electrons. The maximum absolute atomic E-state index is 12.5. The third kappa shape index (κ3) is 62.1. The van der Waals surface area contributed by atoms with Crippen molar-refractivity contribution >= 4 is 11.9 Å². The number of unbranched alkanes of at least 4 members (excludes halogenated alkanes) is 56.